The highest BCUT2D eigenvalue weighted by Crippen LogP contribution is 2.24. The van der Waals surface area contributed by atoms with Crippen LogP contribution in [0.2, 0.25) is 0 Å². The summed E-state index contributed by atoms with van der Waals surface area (Å²) in [6.45, 7) is 3.03. The summed E-state index contributed by atoms with van der Waals surface area (Å²) in [6, 6.07) is 0. The van der Waals surface area contributed by atoms with Crippen LogP contribution >= 0.6 is 10.7 Å². The van der Waals surface area contributed by atoms with Gasteiger partial charge in [0.25, 0.3) is 9.05 Å². The predicted octanol–water partition coefficient (Wildman–Crippen LogP) is 2.89. The van der Waals surface area contributed by atoms with Gasteiger partial charge < -0.3 is 4.57 Å². The summed E-state index contributed by atoms with van der Waals surface area (Å²) in [6.07, 6.45) is -4.33. The van der Waals surface area contributed by atoms with Crippen LogP contribution in [0.1, 0.15) is 32.0 Å². The molecule has 104 valence electrons. The SMILES string of the molecule is CC(C)c1nc(S(=O)(=O)Cl)cn1CCC(F)(F)F. The van der Waals surface area contributed by atoms with E-state index in [0.29, 0.717) is 0 Å². The Morgan fingerprint density at radius 3 is 2.39 bits per heavy atom. The molecule has 0 unspecified atom stereocenters. The lowest BCUT2D eigenvalue weighted by Crippen LogP contribution is -2.14. The zero-order valence-corrected chi connectivity index (χ0v) is 11.3. The van der Waals surface area contributed by atoms with Crippen molar-refractivity contribution in [2.45, 2.75) is 43.9 Å². The molecule has 1 rings (SSSR count). The van der Waals surface area contributed by atoms with E-state index < -0.39 is 26.7 Å². The van der Waals surface area contributed by atoms with Crippen molar-refractivity contribution in [3.05, 3.63) is 12.0 Å². The van der Waals surface area contributed by atoms with E-state index in [-0.39, 0.29) is 18.3 Å². The van der Waals surface area contributed by atoms with Gasteiger partial charge in [0.2, 0.25) is 0 Å². The molecule has 1 heterocycles. The lowest BCUT2D eigenvalue weighted by molar-refractivity contribution is -0.136. The van der Waals surface area contributed by atoms with Crippen LogP contribution in [0, 0.1) is 0 Å². The van der Waals surface area contributed by atoms with Crippen molar-refractivity contribution in [2.24, 2.45) is 0 Å². The number of hydrogen-bond acceptors (Lipinski definition) is 3. The van der Waals surface area contributed by atoms with Crippen LogP contribution in [-0.4, -0.2) is 24.1 Å². The van der Waals surface area contributed by atoms with E-state index in [9.17, 15) is 21.6 Å². The minimum atomic E-state index is -4.31. The minimum absolute atomic E-state index is 0.203. The van der Waals surface area contributed by atoms with Crippen molar-refractivity contribution >= 4 is 19.7 Å². The summed E-state index contributed by atoms with van der Waals surface area (Å²) in [4.78, 5) is 3.76. The first-order chi connectivity index (χ1) is 8.00. The highest BCUT2D eigenvalue weighted by Gasteiger charge is 2.28. The number of halogens is 4. The molecule has 0 aliphatic heterocycles. The lowest BCUT2D eigenvalue weighted by atomic mass is 10.2. The lowest BCUT2D eigenvalue weighted by Gasteiger charge is -2.11. The number of hydrogen-bond donors (Lipinski definition) is 0. The molecule has 0 fully saturated rings. The van der Waals surface area contributed by atoms with E-state index in [1.807, 2.05) is 0 Å². The van der Waals surface area contributed by atoms with Crippen LogP contribution in [0.25, 0.3) is 0 Å². The summed E-state index contributed by atoms with van der Waals surface area (Å²) < 4.78 is 59.8. The van der Waals surface area contributed by atoms with Gasteiger partial charge in [-0.3, -0.25) is 0 Å². The smallest absolute Gasteiger partial charge is 0.333 e. The van der Waals surface area contributed by atoms with Gasteiger partial charge in [-0.25, -0.2) is 13.4 Å². The summed E-state index contributed by atoms with van der Waals surface area (Å²) in [7, 11) is 1.08. The van der Waals surface area contributed by atoms with Crippen LogP contribution in [0.3, 0.4) is 0 Å². The molecular weight excluding hydrogens is 293 g/mol. The molecule has 0 saturated carbocycles. The first kappa shape index (κ1) is 15.3. The van der Waals surface area contributed by atoms with Crippen molar-refractivity contribution in [3.8, 4) is 0 Å². The third-order valence-corrected chi connectivity index (χ3v) is 3.36. The minimum Gasteiger partial charge on any atom is -0.333 e. The van der Waals surface area contributed by atoms with E-state index in [1.165, 1.54) is 4.57 Å². The van der Waals surface area contributed by atoms with Gasteiger partial charge in [-0.1, -0.05) is 13.8 Å². The average Bonchev–Trinajstić information content (AvgIpc) is 2.56. The average molecular weight is 305 g/mol. The Morgan fingerprint density at radius 1 is 1.44 bits per heavy atom. The maximum Gasteiger partial charge on any atom is 0.390 e. The zero-order valence-electron chi connectivity index (χ0n) is 9.70. The van der Waals surface area contributed by atoms with Crippen molar-refractivity contribution in [1.82, 2.24) is 9.55 Å². The number of alkyl halides is 3. The Balaban J connectivity index is 3.06. The second-order valence-corrected chi connectivity index (χ2v) is 6.60. The fourth-order valence-corrected chi connectivity index (χ4v) is 2.09. The molecule has 0 aliphatic carbocycles. The van der Waals surface area contributed by atoms with Gasteiger partial charge in [0.1, 0.15) is 5.82 Å². The second-order valence-electron chi connectivity index (χ2n) is 4.09. The normalized spacial score (nSPS) is 13.3. The molecule has 1 aromatic heterocycles. The fourth-order valence-electron chi connectivity index (χ4n) is 1.41. The first-order valence-electron chi connectivity index (χ1n) is 5.09. The topological polar surface area (TPSA) is 52.0 Å². The van der Waals surface area contributed by atoms with Crippen LogP contribution in [0.4, 0.5) is 13.2 Å². The maximum absolute atomic E-state index is 12.1. The number of rotatable bonds is 4. The molecule has 0 aliphatic rings. The maximum atomic E-state index is 12.1. The van der Waals surface area contributed by atoms with E-state index in [1.54, 1.807) is 13.8 Å². The van der Waals surface area contributed by atoms with Gasteiger partial charge in [0, 0.05) is 29.3 Å². The van der Waals surface area contributed by atoms with Gasteiger partial charge in [0.15, 0.2) is 5.03 Å². The highest BCUT2D eigenvalue weighted by atomic mass is 35.7. The van der Waals surface area contributed by atoms with Crippen molar-refractivity contribution in [2.75, 3.05) is 0 Å². The molecule has 0 bridgehead atoms. The highest BCUT2D eigenvalue weighted by molar-refractivity contribution is 8.13. The molecule has 0 N–H and O–H groups in total. The summed E-state index contributed by atoms with van der Waals surface area (Å²) in [5, 5.41) is -0.421. The third kappa shape index (κ3) is 4.16. The summed E-state index contributed by atoms with van der Waals surface area (Å²) >= 11 is 0. The van der Waals surface area contributed by atoms with Gasteiger partial charge in [0.05, 0.1) is 6.42 Å². The Kier molecular flexibility index (Phi) is 4.32. The fraction of sp³-hybridized carbons (Fsp3) is 0.667. The Labute approximate surface area is 107 Å². The molecule has 0 aromatic carbocycles. The predicted molar refractivity (Wildman–Crippen MR) is 60.0 cm³/mol. The molecule has 0 amide bonds. The number of aryl methyl sites for hydroxylation is 1. The third-order valence-electron chi connectivity index (χ3n) is 2.19. The monoisotopic (exact) mass is 304 g/mol. The number of nitrogens with zero attached hydrogens (tertiary/aromatic N) is 2. The molecule has 4 nitrogen and oxygen atoms in total. The second kappa shape index (κ2) is 5.08. The zero-order chi connectivity index (χ0) is 14.1. The van der Waals surface area contributed by atoms with Crippen LogP contribution < -0.4 is 0 Å². The molecule has 9 heteroatoms. The number of imidazole rings is 1. The Morgan fingerprint density at radius 2 is 2.00 bits per heavy atom. The Hall–Kier alpha value is -0.760. The van der Waals surface area contributed by atoms with Gasteiger partial charge in [-0.15, -0.1) is 0 Å². The first-order valence-corrected chi connectivity index (χ1v) is 7.40. The van der Waals surface area contributed by atoms with E-state index in [2.05, 4.69) is 4.98 Å². The van der Waals surface area contributed by atoms with Crippen molar-refractivity contribution in [3.63, 3.8) is 0 Å². The van der Waals surface area contributed by atoms with E-state index >= 15 is 0 Å². The van der Waals surface area contributed by atoms with Gasteiger partial charge in [-0.2, -0.15) is 13.2 Å². The van der Waals surface area contributed by atoms with Gasteiger partial charge in [-0.05, 0) is 0 Å². The molecule has 0 atom stereocenters. The van der Waals surface area contributed by atoms with Crippen LogP contribution in [0.15, 0.2) is 11.2 Å². The molecule has 1 aromatic rings. The standard InChI is InChI=1S/C9H12ClF3N2O2S/c1-6(2)8-14-7(18(10,16)17)5-15(8)4-3-9(11,12)13/h5-6H,3-4H2,1-2H3. The molecule has 0 spiro atoms. The van der Waals surface area contributed by atoms with Crippen LogP contribution in [0.5, 0.6) is 0 Å². The largest absolute Gasteiger partial charge is 0.390 e. The van der Waals surface area contributed by atoms with Crippen LogP contribution in [-0.2, 0) is 15.6 Å². The van der Waals surface area contributed by atoms with E-state index in [4.69, 9.17) is 10.7 Å². The molecule has 0 radical (unpaired) electrons. The number of aromatic nitrogens is 2. The quantitative estimate of drug-likeness (QED) is 0.804. The summed E-state index contributed by atoms with van der Waals surface area (Å²) in [5.74, 6) is 0.0591. The molecular formula is C9H12ClF3N2O2S. The van der Waals surface area contributed by atoms with Crippen molar-refractivity contribution < 1.29 is 21.6 Å². The van der Waals surface area contributed by atoms with Gasteiger partial charge >= 0.3 is 6.18 Å². The molecule has 18 heavy (non-hydrogen) atoms. The summed E-state index contributed by atoms with van der Waals surface area (Å²) in [5.41, 5.74) is 0. The van der Waals surface area contributed by atoms with Crippen molar-refractivity contribution in [1.29, 1.82) is 0 Å². The Bertz CT molecular complexity index is 522. The molecule has 0 saturated heterocycles. The van der Waals surface area contributed by atoms with E-state index in [0.717, 1.165) is 6.20 Å².